The van der Waals surface area contributed by atoms with Crippen LogP contribution in [0, 0.1) is 5.82 Å². The van der Waals surface area contributed by atoms with Crippen molar-refractivity contribution in [1.82, 2.24) is 0 Å². The van der Waals surface area contributed by atoms with Crippen LogP contribution >= 0.6 is 11.8 Å². The Balaban J connectivity index is 1.95. The summed E-state index contributed by atoms with van der Waals surface area (Å²) in [6.07, 6.45) is 2.33. The minimum absolute atomic E-state index is 0.290. The van der Waals surface area contributed by atoms with Crippen molar-refractivity contribution in [2.45, 2.75) is 31.9 Å². The standard InChI is InChI=1S/C14H19FN2OS/c1-3-5-11-9-16-14(19-11)17-10-6-7-13(18-4-2)12(15)8-10/h6-8,11H,3-5,9H2,1-2H3,(H,16,17). The Hall–Kier alpha value is -1.23. The summed E-state index contributed by atoms with van der Waals surface area (Å²) < 4.78 is 18.9. The van der Waals surface area contributed by atoms with Crippen molar-refractivity contribution in [3.8, 4) is 5.75 Å². The summed E-state index contributed by atoms with van der Waals surface area (Å²) in [5, 5.41) is 4.59. The molecular weight excluding hydrogens is 263 g/mol. The second kappa shape index (κ2) is 6.80. The Morgan fingerprint density at radius 2 is 2.32 bits per heavy atom. The molecule has 1 heterocycles. The zero-order valence-corrected chi connectivity index (χ0v) is 12.1. The largest absolute Gasteiger partial charge is 0.491 e. The molecule has 0 radical (unpaired) electrons. The first kappa shape index (κ1) is 14.2. The molecule has 1 N–H and O–H groups in total. The topological polar surface area (TPSA) is 33.6 Å². The lowest BCUT2D eigenvalue weighted by molar-refractivity contribution is 0.321. The molecular formula is C14H19FN2OS. The highest BCUT2D eigenvalue weighted by Crippen LogP contribution is 2.27. The van der Waals surface area contributed by atoms with Crippen molar-refractivity contribution >= 4 is 22.6 Å². The van der Waals surface area contributed by atoms with Gasteiger partial charge >= 0.3 is 0 Å². The molecule has 19 heavy (non-hydrogen) atoms. The number of anilines is 1. The number of halogens is 1. The Labute approximate surface area is 117 Å². The van der Waals surface area contributed by atoms with Gasteiger partial charge in [0.25, 0.3) is 0 Å². The summed E-state index contributed by atoms with van der Waals surface area (Å²) in [5.41, 5.74) is 0.712. The molecule has 104 valence electrons. The molecule has 0 fully saturated rings. The van der Waals surface area contributed by atoms with Gasteiger partial charge in [-0.15, -0.1) is 0 Å². The minimum atomic E-state index is -0.347. The third-order valence-corrected chi connectivity index (χ3v) is 3.98. The van der Waals surface area contributed by atoms with E-state index in [1.54, 1.807) is 17.8 Å². The van der Waals surface area contributed by atoms with Crippen molar-refractivity contribution in [3.05, 3.63) is 24.0 Å². The zero-order valence-electron chi connectivity index (χ0n) is 11.3. The second-order valence-corrected chi connectivity index (χ2v) is 5.67. The van der Waals surface area contributed by atoms with Crippen LogP contribution in [0.2, 0.25) is 0 Å². The van der Waals surface area contributed by atoms with Crippen LogP contribution in [0.1, 0.15) is 26.7 Å². The summed E-state index contributed by atoms with van der Waals surface area (Å²) in [7, 11) is 0. The molecule has 1 unspecified atom stereocenters. The maximum absolute atomic E-state index is 13.7. The smallest absolute Gasteiger partial charge is 0.167 e. The lowest BCUT2D eigenvalue weighted by atomic mass is 10.2. The lowest BCUT2D eigenvalue weighted by Gasteiger charge is -2.09. The molecule has 0 saturated carbocycles. The zero-order chi connectivity index (χ0) is 13.7. The molecule has 0 aliphatic carbocycles. The average molecular weight is 282 g/mol. The van der Waals surface area contributed by atoms with Gasteiger partial charge in [-0.2, -0.15) is 0 Å². The lowest BCUT2D eigenvalue weighted by Crippen LogP contribution is -2.07. The van der Waals surface area contributed by atoms with Crippen LogP contribution < -0.4 is 10.1 Å². The quantitative estimate of drug-likeness (QED) is 0.889. The Bertz CT molecular complexity index is 465. The molecule has 1 aliphatic rings. The molecule has 0 spiro atoms. The molecule has 2 rings (SSSR count). The second-order valence-electron chi connectivity index (χ2n) is 4.38. The number of nitrogens with zero attached hydrogens (tertiary/aromatic N) is 1. The first-order chi connectivity index (χ1) is 9.22. The van der Waals surface area contributed by atoms with Crippen molar-refractivity contribution < 1.29 is 9.13 Å². The Morgan fingerprint density at radius 1 is 1.47 bits per heavy atom. The predicted octanol–water partition coefficient (Wildman–Crippen LogP) is 3.91. The first-order valence-electron chi connectivity index (χ1n) is 6.63. The normalized spacial score (nSPS) is 18.3. The highest BCUT2D eigenvalue weighted by atomic mass is 32.2. The Kier molecular flexibility index (Phi) is 5.07. The molecule has 1 aromatic rings. The van der Waals surface area contributed by atoms with Gasteiger partial charge in [0, 0.05) is 17.0 Å². The number of ether oxygens (including phenoxy) is 1. The van der Waals surface area contributed by atoms with Crippen LogP contribution in [0.5, 0.6) is 5.75 Å². The van der Waals surface area contributed by atoms with Crippen molar-refractivity contribution in [2.75, 3.05) is 18.5 Å². The maximum Gasteiger partial charge on any atom is 0.167 e. The molecule has 1 aromatic carbocycles. The van der Waals surface area contributed by atoms with E-state index >= 15 is 0 Å². The number of hydrogen-bond acceptors (Lipinski definition) is 4. The minimum Gasteiger partial charge on any atom is -0.491 e. The number of aliphatic imine (C=N–C) groups is 1. The van der Waals surface area contributed by atoms with Gasteiger partial charge in [0.05, 0.1) is 13.2 Å². The predicted molar refractivity (Wildman–Crippen MR) is 79.8 cm³/mol. The van der Waals surface area contributed by atoms with Crippen LogP contribution in [0.25, 0.3) is 0 Å². The summed E-state index contributed by atoms with van der Waals surface area (Å²) >= 11 is 1.74. The maximum atomic E-state index is 13.7. The van der Waals surface area contributed by atoms with Crippen LogP contribution in [-0.2, 0) is 0 Å². The monoisotopic (exact) mass is 282 g/mol. The summed E-state index contributed by atoms with van der Waals surface area (Å²) in [5.74, 6) is -0.0570. The first-order valence-corrected chi connectivity index (χ1v) is 7.51. The van der Waals surface area contributed by atoms with Crippen LogP contribution in [0.3, 0.4) is 0 Å². The fourth-order valence-corrected chi connectivity index (χ4v) is 3.08. The van der Waals surface area contributed by atoms with E-state index in [2.05, 4.69) is 17.2 Å². The van der Waals surface area contributed by atoms with E-state index in [1.807, 2.05) is 13.0 Å². The van der Waals surface area contributed by atoms with E-state index in [-0.39, 0.29) is 11.6 Å². The number of thioether (sulfide) groups is 1. The number of hydrogen-bond donors (Lipinski definition) is 1. The molecule has 5 heteroatoms. The number of rotatable bonds is 5. The molecule has 0 bridgehead atoms. The van der Waals surface area contributed by atoms with E-state index in [4.69, 9.17) is 4.74 Å². The fourth-order valence-electron chi connectivity index (χ4n) is 1.93. The number of nitrogens with one attached hydrogen (secondary N) is 1. The molecule has 0 saturated heterocycles. The molecule has 1 aliphatic heterocycles. The van der Waals surface area contributed by atoms with Gasteiger partial charge in [-0.05, 0) is 25.5 Å². The third kappa shape index (κ3) is 3.86. The molecule has 0 aromatic heterocycles. The number of benzene rings is 1. The van der Waals surface area contributed by atoms with E-state index in [9.17, 15) is 4.39 Å². The van der Waals surface area contributed by atoms with Gasteiger partial charge in [0.2, 0.25) is 0 Å². The van der Waals surface area contributed by atoms with Crippen molar-refractivity contribution in [3.63, 3.8) is 0 Å². The van der Waals surface area contributed by atoms with Gasteiger partial charge in [0.1, 0.15) is 0 Å². The van der Waals surface area contributed by atoms with E-state index < -0.39 is 0 Å². The average Bonchev–Trinajstić information content (AvgIpc) is 2.81. The summed E-state index contributed by atoms with van der Waals surface area (Å²) in [6, 6.07) is 4.90. The van der Waals surface area contributed by atoms with E-state index in [0.717, 1.165) is 24.6 Å². The molecule has 1 atom stereocenters. The van der Waals surface area contributed by atoms with Crippen molar-refractivity contribution in [1.29, 1.82) is 0 Å². The third-order valence-electron chi connectivity index (χ3n) is 2.81. The van der Waals surface area contributed by atoms with E-state index in [1.165, 1.54) is 6.07 Å². The van der Waals surface area contributed by atoms with Gasteiger partial charge in [0.15, 0.2) is 16.7 Å². The van der Waals surface area contributed by atoms with Gasteiger partial charge in [-0.25, -0.2) is 4.39 Å². The highest BCUT2D eigenvalue weighted by molar-refractivity contribution is 8.15. The van der Waals surface area contributed by atoms with Crippen molar-refractivity contribution in [2.24, 2.45) is 4.99 Å². The fraction of sp³-hybridized carbons (Fsp3) is 0.500. The highest BCUT2D eigenvalue weighted by Gasteiger charge is 2.18. The van der Waals surface area contributed by atoms with Gasteiger partial charge in [-0.3, -0.25) is 4.99 Å². The Morgan fingerprint density at radius 3 is 3.00 bits per heavy atom. The molecule has 0 amide bonds. The van der Waals surface area contributed by atoms with Crippen LogP contribution in [0.15, 0.2) is 23.2 Å². The van der Waals surface area contributed by atoms with E-state index in [0.29, 0.717) is 17.5 Å². The number of amidine groups is 1. The van der Waals surface area contributed by atoms with Crippen LogP contribution in [-0.4, -0.2) is 23.6 Å². The summed E-state index contributed by atoms with van der Waals surface area (Å²) in [4.78, 5) is 4.43. The summed E-state index contributed by atoms with van der Waals surface area (Å²) in [6.45, 7) is 5.32. The van der Waals surface area contributed by atoms with Gasteiger partial charge < -0.3 is 10.1 Å². The van der Waals surface area contributed by atoms with Crippen LogP contribution in [0.4, 0.5) is 10.1 Å². The molecule has 3 nitrogen and oxygen atoms in total. The SMILES string of the molecule is CCCC1CN=C(Nc2ccc(OCC)c(F)c2)S1. The van der Waals surface area contributed by atoms with Gasteiger partial charge in [-0.1, -0.05) is 25.1 Å².